The molecule has 1 saturated heterocycles. The first-order valence-electron chi connectivity index (χ1n) is 8.21. The van der Waals surface area contributed by atoms with Gasteiger partial charge in [-0.15, -0.1) is 0 Å². The number of halogens is 1. The topological polar surface area (TPSA) is 26.3 Å². The Hall–Kier alpha value is 0.160. The molecule has 0 bridgehead atoms. The summed E-state index contributed by atoms with van der Waals surface area (Å²) >= 11 is 0. The summed E-state index contributed by atoms with van der Waals surface area (Å²) < 4.78 is 6.63. The van der Waals surface area contributed by atoms with Gasteiger partial charge in [0.25, 0.3) is 0 Å². The summed E-state index contributed by atoms with van der Waals surface area (Å²) in [6.07, 6.45) is 12.6. The zero-order valence-electron chi connectivity index (χ0n) is 12.9. The number of hydrogen-bond donors (Lipinski definition) is 0. The number of likely N-dealkylation sites (tertiary alicyclic amines) is 1. The largest absolute Gasteiger partial charge is 1.00 e. The highest BCUT2D eigenvalue weighted by Gasteiger charge is 2.29. The maximum atomic E-state index is 12.1. The Morgan fingerprint density at radius 1 is 0.950 bits per heavy atom. The minimum atomic E-state index is 0. The number of carbonyl (C=O) groups is 1. The molecule has 2 fully saturated rings. The van der Waals surface area contributed by atoms with Gasteiger partial charge in [-0.1, -0.05) is 19.3 Å². The van der Waals surface area contributed by atoms with E-state index >= 15 is 0 Å². The van der Waals surface area contributed by atoms with Gasteiger partial charge in [-0.25, -0.2) is 4.79 Å². The van der Waals surface area contributed by atoms with Crippen LogP contribution in [0.25, 0.3) is 0 Å². The van der Waals surface area contributed by atoms with Gasteiger partial charge in [0.2, 0.25) is 0 Å². The number of rotatable bonds is 3. The number of ether oxygens (including phenoxy) is 1. The Kier molecular flexibility index (Phi) is 8.41. The highest BCUT2D eigenvalue weighted by atomic mass is 127. The van der Waals surface area contributed by atoms with E-state index in [1.54, 1.807) is 0 Å². The number of piperidine rings is 1. The fourth-order valence-corrected chi connectivity index (χ4v) is 3.51. The van der Waals surface area contributed by atoms with Crippen molar-refractivity contribution in [1.29, 1.82) is 0 Å². The molecule has 0 N–H and O–H groups in total. The lowest BCUT2D eigenvalue weighted by atomic mass is 9.98. The molecule has 20 heavy (non-hydrogen) atoms. The molecule has 0 radical (unpaired) electrons. The molecule has 2 rings (SSSR count). The number of esters is 1. The van der Waals surface area contributed by atoms with Gasteiger partial charge >= 0.3 is 5.97 Å². The Balaban J connectivity index is 0.00000200. The molecule has 1 saturated carbocycles. The highest BCUT2D eigenvalue weighted by Crippen LogP contribution is 2.21. The van der Waals surface area contributed by atoms with Gasteiger partial charge in [-0.05, 0) is 44.9 Å². The van der Waals surface area contributed by atoms with E-state index in [1.807, 2.05) is 0 Å². The van der Waals surface area contributed by atoms with E-state index < -0.39 is 0 Å². The average Bonchev–Trinajstić information content (AvgIpc) is 2.32. The molecule has 0 spiro atoms. The molecule has 1 aliphatic carbocycles. The predicted octanol–water partition coefficient (Wildman–Crippen LogP) is 0.277. The summed E-state index contributed by atoms with van der Waals surface area (Å²) in [4.78, 5) is 12.1. The van der Waals surface area contributed by atoms with E-state index in [-0.39, 0.29) is 36.0 Å². The number of quaternary nitrogens is 1. The summed E-state index contributed by atoms with van der Waals surface area (Å²) in [6, 6.07) is 0. The summed E-state index contributed by atoms with van der Waals surface area (Å²) in [6.45, 7) is 2.86. The molecule has 1 heterocycles. The number of likely N-dealkylation sites (N-methyl/N-ethyl adjacent to an activating group) is 1. The molecule has 118 valence electrons. The Morgan fingerprint density at radius 3 is 2.05 bits per heavy atom. The fourth-order valence-electron chi connectivity index (χ4n) is 3.51. The van der Waals surface area contributed by atoms with E-state index in [1.165, 1.54) is 51.4 Å². The molecule has 0 aromatic heterocycles. The van der Waals surface area contributed by atoms with Crippen molar-refractivity contribution in [3.8, 4) is 0 Å². The van der Waals surface area contributed by atoms with Crippen LogP contribution in [0, 0.1) is 0 Å². The van der Waals surface area contributed by atoms with E-state index in [2.05, 4.69) is 7.05 Å². The third-order valence-electron chi connectivity index (χ3n) is 4.76. The second-order valence-electron chi connectivity index (χ2n) is 6.74. The van der Waals surface area contributed by atoms with Crippen molar-refractivity contribution in [2.75, 3.05) is 26.7 Å². The van der Waals surface area contributed by atoms with Crippen LogP contribution < -0.4 is 24.0 Å². The van der Waals surface area contributed by atoms with Crippen LogP contribution >= 0.6 is 0 Å². The van der Waals surface area contributed by atoms with Crippen LogP contribution in [-0.2, 0) is 9.53 Å². The van der Waals surface area contributed by atoms with Gasteiger partial charge in [-0.3, -0.25) is 0 Å². The second-order valence-corrected chi connectivity index (χ2v) is 6.74. The average molecular weight is 395 g/mol. The lowest BCUT2D eigenvalue weighted by molar-refractivity contribution is -0.907. The molecule has 0 unspecified atom stereocenters. The van der Waals surface area contributed by atoms with Crippen LogP contribution in [0.4, 0.5) is 0 Å². The Morgan fingerprint density at radius 2 is 1.45 bits per heavy atom. The van der Waals surface area contributed by atoms with Gasteiger partial charge in [0.15, 0.2) is 6.54 Å². The van der Waals surface area contributed by atoms with E-state index in [0.29, 0.717) is 6.54 Å². The highest BCUT2D eigenvalue weighted by molar-refractivity contribution is 5.70. The summed E-state index contributed by atoms with van der Waals surface area (Å²) in [5, 5.41) is 0. The quantitative estimate of drug-likeness (QED) is 0.390. The molecule has 0 aromatic rings. The molecule has 0 atom stereocenters. The summed E-state index contributed by atoms with van der Waals surface area (Å²) in [5.41, 5.74) is 0. The Labute approximate surface area is 141 Å². The van der Waals surface area contributed by atoms with E-state index in [0.717, 1.165) is 30.4 Å². The van der Waals surface area contributed by atoms with Crippen LogP contribution in [-0.4, -0.2) is 43.2 Å². The Bertz CT molecular complexity index is 282. The molecular formula is C16H30INO2. The number of nitrogens with zero attached hydrogens (tertiary/aromatic N) is 1. The van der Waals surface area contributed by atoms with E-state index in [9.17, 15) is 4.79 Å². The molecule has 3 nitrogen and oxygen atoms in total. The molecule has 4 heteroatoms. The van der Waals surface area contributed by atoms with Crippen LogP contribution in [0.5, 0.6) is 0 Å². The van der Waals surface area contributed by atoms with Gasteiger partial charge in [0, 0.05) is 0 Å². The smallest absolute Gasteiger partial charge is 0.362 e. The van der Waals surface area contributed by atoms with Crippen molar-refractivity contribution in [3.05, 3.63) is 0 Å². The van der Waals surface area contributed by atoms with Crippen molar-refractivity contribution >= 4 is 5.97 Å². The van der Waals surface area contributed by atoms with E-state index in [4.69, 9.17) is 4.74 Å². The zero-order chi connectivity index (χ0) is 13.6. The maximum Gasteiger partial charge on any atom is 0.362 e. The normalized spacial score (nSPS) is 24.1. The molecule has 0 amide bonds. The number of hydrogen-bond acceptors (Lipinski definition) is 2. The van der Waals surface area contributed by atoms with Crippen molar-refractivity contribution in [2.24, 2.45) is 0 Å². The van der Waals surface area contributed by atoms with Crippen LogP contribution in [0.1, 0.15) is 64.2 Å². The minimum Gasteiger partial charge on any atom is -1.00 e. The maximum absolute atomic E-state index is 12.1. The van der Waals surface area contributed by atoms with Crippen LogP contribution in [0.3, 0.4) is 0 Å². The molecule has 0 aromatic carbocycles. The van der Waals surface area contributed by atoms with Gasteiger partial charge in [-0.2, -0.15) is 0 Å². The zero-order valence-corrected chi connectivity index (χ0v) is 15.1. The van der Waals surface area contributed by atoms with Gasteiger partial charge in [0.1, 0.15) is 6.10 Å². The molecular weight excluding hydrogens is 365 g/mol. The van der Waals surface area contributed by atoms with Crippen molar-refractivity contribution in [3.63, 3.8) is 0 Å². The number of carbonyl (C=O) groups excluding carboxylic acids is 1. The third-order valence-corrected chi connectivity index (χ3v) is 4.76. The second kappa shape index (κ2) is 9.23. The van der Waals surface area contributed by atoms with Crippen molar-refractivity contribution in [2.45, 2.75) is 70.3 Å². The predicted molar refractivity (Wildman–Crippen MR) is 76.8 cm³/mol. The minimum absolute atomic E-state index is 0. The van der Waals surface area contributed by atoms with Crippen LogP contribution in [0.15, 0.2) is 0 Å². The first-order valence-corrected chi connectivity index (χ1v) is 8.21. The lowest BCUT2D eigenvalue weighted by Crippen LogP contribution is -3.00. The summed E-state index contributed by atoms with van der Waals surface area (Å²) in [5.74, 6) is 0.0370. The van der Waals surface area contributed by atoms with Crippen LogP contribution in [0.2, 0.25) is 0 Å². The van der Waals surface area contributed by atoms with Gasteiger partial charge in [0.05, 0.1) is 20.1 Å². The summed E-state index contributed by atoms with van der Waals surface area (Å²) in [7, 11) is 2.21. The first-order chi connectivity index (χ1) is 9.18. The molecule has 1 aliphatic heterocycles. The van der Waals surface area contributed by atoms with Crippen molar-refractivity contribution in [1.82, 2.24) is 0 Å². The van der Waals surface area contributed by atoms with Crippen molar-refractivity contribution < 1.29 is 38.0 Å². The monoisotopic (exact) mass is 395 g/mol. The first kappa shape index (κ1) is 18.2. The molecule has 2 aliphatic rings. The SMILES string of the molecule is C[N+]1(CC(=O)OC2CCCCCCC2)CCCCC1.[I-]. The standard InChI is InChI=1S/C16H30NO2.HI/c1-17(12-8-5-9-13-17)14-16(18)19-15-10-6-3-2-4-7-11-15;/h15H,2-14H2,1H3;1H/q+1;/p-1. The fraction of sp³-hybridized carbons (Fsp3) is 0.938. The van der Waals surface area contributed by atoms with Gasteiger partial charge < -0.3 is 33.2 Å². The third kappa shape index (κ3) is 6.29. The lowest BCUT2D eigenvalue weighted by Gasteiger charge is -2.37.